The normalized spacial score (nSPS) is 11.6. The number of amides is 1. The van der Waals surface area contributed by atoms with Crippen molar-refractivity contribution in [2.24, 2.45) is 5.10 Å². The summed E-state index contributed by atoms with van der Waals surface area (Å²) in [6.45, 7) is 2.15. The van der Waals surface area contributed by atoms with Crippen molar-refractivity contribution < 1.29 is 4.79 Å². The third-order valence-corrected chi connectivity index (χ3v) is 4.00. The number of aromatic amines is 1. The van der Waals surface area contributed by atoms with Gasteiger partial charge in [-0.3, -0.25) is 4.79 Å². The largest absolute Gasteiger partial charge is 0.360 e. The monoisotopic (exact) mass is 319 g/mol. The Morgan fingerprint density at radius 3 is 2.62 bits per heavy atom. The number of H-pyrrole nitrogens is 1. The lowest BCUT2D eigenvalue weighted by atomic mass is 10.1. The topological polar surface area (TPSA) is 57.2 Å². The average Bonchev–Trinajstić information content (AvgIpc) is 3.06. The highest BCUT2D eigenvalue weighted by Crippen LogP contribution is 2.17. The van der Waals surface area contributed by atoms with Gasteiger partial charge in [0.1, 0.15) is 0 Å². The van der Waals surface area contributed by atoms with Crippen LogP contribution in [0.1, 0.15) is 42.1 Å². The first-order valence-electron chi connectivity index (χ1n) is 8.28. The van der Waals surface area contributed by atoms with Crippen molar-refractivity contribution in [3.63, 3.8) is 0 Å². The molecule has 2 aromatic carbocycles. The third-order valence-electron chi connectivity index (χ3n) is 4.00. The number of nitrogens with one attached hydrogen (secondary N) is 2. The van der Waals surface area contributed by atoms with E-state index in [0.717, 1.165) is 41.4 Å². The first-order valence-corrected chi connectivity index (χ1v) is 8.28. The van der Waals surface area contributed by atoms with Crippen molar-refractivity contribution in [1.29, 1.82) is 0 Å². The highest BCUT2D eigenvalue weighted by atomic mass is 16.2. The molecule has 3 aromatic rings. The maximum Gasteiger partial charge on any atom is 0.273 e. The Bertz CT molecular complexity index is 849. The quantitative estimate of drug-likeness (QED) is 0.510. The van der Waals surface area contributed by atoms with Crippen molar-refractivity contribution in [2.75, 3.05) is 0 Å². The molecule has 0 aliphatic rings. The number of hydrogen-bond acceptors (Lipinski definition) is 2. The van der Waals surface area contributed by atoms with E-state index in [0.29, 0.717) is 5.56 Å². The second-order valence-corrected chi connectivity index (χ2v) is 5.72. The van der Waals surface area contributed by atoms with Crippen LogP contribution in [0.15, 0.2) is 65.9 Å². The van der Waals surface area contributed by atoms with Crippen LogP contribution in [0.5, 0.6) is 0 Å². The molecule has 0 aliphatic heterocycles. The van der Waals surface area contributed by atoms with E-state index in [1.165, 1.54) is 0 Å². The molecule has 0 aliphatic carbocycles. The SMILES string of the molecule is CCCCC(=NNC(=O)c1c[nH]c2ccccc12)c1ccccc1. The summed E-state index contributed by atoms with van der Waals surface area (Å²) in [5.74, 6) is -0.197. The van der Waals surface area contributed by atoms with Crippen LogP contribution in [0.25, 0.3) is 10.9 Å². The highest BCUT2D eigenvalue weighted by molar-refractivity contribution is 6.07. The molecule has 2 N–H and O–H groups in total. The Morgan fingerprint density at radius 2 is 1.83 bits per heavy atom. The highest BCUT2D eigenvalue weighted by Gasteiger charge is 2.11. The van der Waals surface area contributed by atoms with E-state index < -0.39 is 0 Å². The van der Waals surface area contributed by atoms with E-state index in [2.05, 4.69) is 22.4 Å². The van der Waals surface area contributed by atoms with Gasteiger partial charge in [0.25, 0.3) is 5.91 Å². The van der Waals surface area contributed by atoms with Crippen LogP contribution in [-0.4, -0.2) is 16.6 Å². The van der Waals surface area contributed by atoms with Crippen molar-refractivity contribution in [1.82, 2.24) is 10.4 Å². The van der Waals surface area contributed by atoms with Crippen LogP contribution < -0.4 is 5.43 Å². The maximum atomic E-state index is 12.5. The molecular weight excluding hydrogens is 298 g/mol. The first kappa shape index (κ1) is 16.0. The maximum absolute atomic E-state index is 12.5. The second-order valence-electron chi connectivity index (χ2n) is 5.72. The Morgan fingerprint density at radius 1 is 1.08 bits per heavy atom. The summed E-state index contributed by atoms with van der Waals surface area (Å²) in [7, 11) is 0. The summed E-state index contributed by atoms with van der Waals surface area (Å²) in [6, 6.07) is 17.7. The van der Waals surface area contributed by atoms with Gasteiger partial charge in [-0.25, -0.2) is 5.43 Å². The van der Waals surface area contributed by atoms with E-state index in [-0.39, 0.29) is 5.91 Å². The molecule has 1 amide bonds. The molecule has 122 valence electrons. The van der Waals surface area contributed by atoms with Gasteiger partial charge in [-0.1, -0.05) is 61.9 Å². The Hall–Kier alpha value is -2.88. The van der Waals surface area contributed by atoms with Gasteiger partial charge in [0.05, 0.1) is 11.3 Å². The van der Waals surface area contributed by atoms with Gasteiger partial charge in [-0.05, 0) is 24.5 Å². The van der Waals surface area contributed by atoms with Crippen LogP contribution in [0.3, 0.4) is 0 Å². The minimum atomic E-state index is -0.197. The minimum Gasteiger partial charge on any atom is -0.360 e. The average molecular weight is 319 g/mol. The fourth-order valence-electron chi connectivity index (χ4n) is 2.68. The molecule has 0 saturated carbocycles. The number of rotatable bonds is 6. The number of para-hydroxylation sites is 1. The number of carbonyl (C=O) groups is 1. The number of benzene rings is 2. The Labute approximate surface area is 141 Å². The molecule has 0 bridgehead atoms. The van der Waals surface area contributed by atoms with E-state index in [9.17, 15) is 4.79 Å². The van der Waals surface area contributed by atoms with Crippen molar-refractivity contribution in [3.8, 4) is 0 Å². The summed E-state index contributed by atoms with van der Waals surface area (Å²) in [5.41, 5.74) is 6.22. The number of hydrazone groups is 1. The molecule has 3 rings (SSSR count). The summed E-state index contributed by atoms with van der Waals surface area (Å²) >= 11 is 0. The zero-order valence-electron chi connectivity index (χ0n) is 13.8. The summed E-state index contributed by atoms with van der Waals surface area (Å²) in [5, 5.41) is 5.30. The van der Waals surface area contributed by atoms with Crippen molar-refractivity contribution in [3.05, 3.63) is 71.9 Å². The molecule has 0 unspecified atom stereocenters. The molecule has 0 radical (unpaired) electrons. The molecular formula is C20H21N3O. The number of unbranched alkanes of at least 4 members (excludes halogenated alkanes) is 1. The van der Waals surface area contributed by atoms with Crippen LogP contribution in [-0.2, 0) is 0 Å². The van der Waals surface area contributed by atoms with Crippen molar-refractivity contribution in [2.45, 2.75) is 26.2 Å². The Kier molecular flexibility index (Phi) is 5.06. The fourth-order valence-corrected chi connectivity index (χ4v) is 2.68. The first-order chi connectivity index (χ1) is 11.8. The number of aromatic nitrogens is 1. The van der Waals surface area contributed by atoms with Gasteiger partial charge in [0.15, 0.2) is 0 Å². The zero-order valence-corrected chi connectivity index (χ0v) is 13.8. The van der Waals surface area contributed by atoms with Gasteiger partial charge in [0.2, 0.25) is 0 Å². The fraction of sp³-hybridized carbons (Fsp3) is 0.200. The van der Waals surface area contributed by atoms with E-state index >= 15 is 0 Å². The molecule has 24 heavy (non-hydrogen) atoms. The van der Waals surface area contributed by atoms with Gasteiger partial charge in [-0.15, -0.1) is 0 Å². The third kappa shape index (κ3) is 3.54. The summed E-state index contributed by atoms with van der Waals surface area (Å²) in [4.78, 5) is 15.6. The van der Waals surface area contributed by atoms with E-state index in [1.807, 2.05) is 54.6 Å². The lowest BCUT2D eigenvalue weighted by molar-refractivity contribution is 0.0956. The van der Waals surface area contributed by atoms with E-state index in [1.54, 1.807) is 6.20 Å². The van der Waals surface area contributed by atoms with E-state index in [4.69, 9.17) is 0 Å². The number of nitrogens with zero attached hydrogens (tertiary/aromatic N) is 1. The number of fused-ring (bicyclic) bond motifs is 1. The lowest BCUT2D eigenvalue weighted by Crippen LogP contribution is -2.20. The molecule has 4 nitrogen and oxygen atoms in total. The molecule has 1 aromatic heterocycles. The molecule has 1 heterocycles. The smallest absolute Gasteiger partial charge is 0.273 e. The minimum absolute atomic E-state index is 0.197. The molecule has 0 fully saturated rings. The lowest BCUT2D eigenvalue weighted by Gasteiger charge is -2.07. The molecule has 0 atom stereocenters. The molecule has 0 saturated heterocycles. The van der Waals surface area contributed by atoms with Gasteiger partial charge in [-0.2, -0.15) is 5.10 Å². The zero-order chi connectivity index (χ0) is 16.8. The molecule has 0 spiro atoms. The van der Waals surface area contributed by atoms with Crippen LogP contribution in [0.2, 0.25) is 0 Å². The van der Waals surface area contributed by atoms with Crippen LogP contribution in [0.4, 0.5) is 0 Å². The van der Waals surface area contributed by atoms with Crippen molar-refractivity contribution >= 4 is 22.5 Å². The number of hydrogen-bond donors (Lipinski definition) is 2. The second kappa shape index (κ2) is 7.59. The predicted octanol–water partition coefficient (Wildman–Crippen LogP) is 4.49. The predicted molar refractivity (Wildman–Crippen MR) is 98.3 cm³/mol. The van der Waals surface area contributed by atoms with Gasteiger partial charge >= 0.3 is 0 Å². The summed E-state index contributed by atoms with van der Waals surface area (Å²) < 4.78 is 0. The standard InChI is InChI=1S/C20H21N3O/c1-2-3-12-18(15-9-5-4-6-10-15)22-23-20(24)17-14-21-19-13-8-7-11-16(17)19/h4-11,13-14,21H,2-3,12H2,1H3,(H,23,24). The van der Waals surface area contributed by atoms with Gasteiger partial charge in [0, 0.05) is 17.1 Å². The molecule has 4 heteroatoms. The van der Waals surface area contributed by atoms with Crippen LogP contribution in [0, 0.1) is 0 Å². The van der Waals surface area contributed by atoms with Gasteiger partial charge < -0.3 is 4.98 Å². The number of carbonyl (C=O) groups excluding carboxylic acids is 1. The van der Waals surface area contributed by atoms with Crippen LogP contribution >= 0.6 is 0 Å². The Balaban J connectivity index is 1.82. The summed E-state index contributed by atoms with van der Waals surface area (Å²) in [6.07, 6.45) is 4.69.